The molecule has 0 aromatic carbocycles. The Labute approximate surface area is 380 Å². The summed E-state index contributed by atoms with van der Waals surface area (Å²) >= 11 is 0. The largest absolute Gasteiger partial charge is 0.478 e. The molecule has 0 fully saturated rings. The molecule has 0 amide bonds. The summed E-state index contributed by atoms with van der Waals surface area (Å²) in [7, 11) is 0. The second-order valence-corrected chi connectivity index (χ2v) is 20.1. The first-order valence-corrected chi connectivity index (χ1v) is 28.6. The molecule has 0 radical (unpaired) electrons. The predicted molar refractivity (Wildman–Crippen MR) is 272 cm³/mol. The molecule has 0 aromatic heterocycles. The zero-order valence-electron chi connectivity index (χ0n) is 41.9. The Morgan fingerprint density at radius 3 is 0.550 bits per heavy atom. The molecule has 0 heterocycles. The minimum Gasteiger partial charge on any atom is -0.478 e. The van der Waals surface area contributed by atoms with Crippen LogP contribution in [-0.4, -0.2) is 11.1 Å². The number of carboxylic acid groups (broad SMARTS) is 1. The van der Waals surface area contributed by atoms with Gasteiger partial charge in [0.05, 0.1) is 0 Å². The van der Waals surface area contributed by atoms with Crippen molar-refractivity contribution in [2.75, 3.05) is 0 Å². The highest BCUT2D eigenvalue weighted by Gasteiger charge is 2.17. The van der Waals surface area contributed by atoms with Crippen molar-refractivity contribution in [3.05, 3.63) is 12.2 Å². The maximum atomic E-state index is 11.7. The molecular weight excluding hydrogens is 729 g/mol. The molecule has 0 aromatic rings. The zero-order chi connectivity index (χ0) is 43.5. The average Bonchev–Trinajstić information content (AvgIpc) is 3.25. The highest BCUT2D eigenvalue weighted by atomic mass is 16.4. The molecule has 1 unspecified atom stereocenters. The average molecular weight is 844 g/mol. The van der Waals surface area contributed by atoms with E-state index in [0.717, 1.165) is 25.7 Å². The summed E-state index contributed by atoms with van der Waals surface area (Å²) in [6.07, 6.45) is 72.9. The standard InChI is InChI=1S/C58H114O2/c1-4-6-8-10-12-14-16-18-20-22-24-25-26-27-28-29-30-31-32-33-34-35-36-37-39-41-43-45-47-49-51-53-55-57(56(3)58(59)60)54-52-50-48-46-44-42-40-38-23-21-19-17-15-13-11-9-7-5-2/h57H,3-55H2,1-2H3,(H,59,60). The molecular formula is C58H114O2. The van der Waals surface area contributed by atoms with Crippen LogP contribution in [0.2, 0.25) is 0 Å². The molecule has 0 rings (SSSR count). The number of carbonyl (C=O) groups is 1. The van der Waals surface area contributed by atoms with Gasteiger partial charge in [-0.15, -0.1) is 0 Å². The minimum atomic E-state index is -0.779. The van der Waals surface area contributed by atoms with E-state index >= 15 is 0 Å². The van der Waals surface area contributed by atoms with Gasteiger partial charge >= 0.3 is 5.97 Å². The van der Waals surface area contributed by atoms with Crippen molar-refractivity contribution in [2.24, 2.45) is 5.92 Å². The topological polar surface area (TPSA) is 37.3 Å². The van der Waals surface area contributed by atoms with Crippen molar-refractivity contribution >= 4 is 5.97 Å². The van der Waals surface area contributed by atoms with E-state index in [2.05, 4.69) is 20.4 Å². The minimum absolute atomic E-state index is 0.178. The summed E-state index contributed by atoms with van der Waals surface area (Å²) < 4.78 is 0. The van der Waals surface area contributed by atoms with E-state index in [4.69, 9.17) is 0 Å². The fraction of sp³-hybridized carbons (Fsp3) is 0.948. The van der Waals surface area contributed by atoms with Crippen LogP contribution >= 0.6 is 0 Å². The lowest BCUT2D eigenvalue weighted by Crippen LogP contribution is -2.12. The van der Waals surface area contributed by atoms with Crippen LogP contribution in [0.5, 0.6) is 0 Å². The van der Waals surface area contributed by atoms with Gasteiger partial charge in [-0.3, -0.25) is 0 Å². The van der Waals surface area contributed by atoms with Gasteiger partial charge < -0.3 is 5.11 Å². The first-order valence-electron chi connectivity index (χ1n) is 28.6. The van der Waals surface area contributed by atoms with E-state index in [1.807, 2.05) is 0 Å². The van der Waals surface area contributed by atoms with E-state index in [9.17, 15) is 9.90 Å². The molecule has 1 N–H and O–H groups in total. The number of hydrogen-bond donors (Lipinski definition) is 1. The maximum Gasteiger partial charge on any atom is 0.331 e. The van der Waals surface area contributed by atoms with Crippen LogP contribution in [-0.2, 0) is 4.79 Å². The van der Waals surface area contributed by atoms with Crippen LogP contribution in [0.15, 0.2) is 12.2 Å². The monoisotopic (exact) mass is 843 g/mol. The van der Waals surface area contributed by atoms with Gasteiger partial charge in [0.15, 0.2) is 0 Å². The lowest BCUT2D eigenvalue weighted by molar-refractivity contribution is -0.133. The van der Waals surface area contributed by atoms with E-state index in [1.54, 1.807) is 0 Å². The van der Waals surface area contributed by atoms with Crippen LogP contribution in [0.3, 0.4) is 0 Å². The van der Waals surface area contributed by atoms with Crippen LogP contribution in [0.4, 0.5) is 0 Å². The molecule has 0 saturated heterocycles. The SMILES string of the molecule is C=C(C(=O)O)C(CCCCCCCCCCCCCCCCCCCC)CCCCCCCCCCCCCCCCCCCCCCCCCCCCCCCCCC. The molecule has 0 spiro atoms. The number of carboxylic acids is 1. The summed E-state index contributed by atoms with van der Waals surface area (Å²) in [6, 6.07) is 0. The van der Waals surface area contributed by atoms with Crippen LogP contribution in [0.25, 0.3) is 0 Å². The fourth-order valence-corrected chi connectivity index (χ4v) is 9.73. The van der Waals surface area contributed by atoms with Crippen molar-refractivity contribution in [1.29, 1.82) is 0 Å². The number of unbranched alkanes of at least 4 members (excludes halogenated alkanes) is 48. The molecule has 0 saturated carbocycles. The van der Waals surface area contributed by atoms with E-state index in [1.165, 1.54) is 308 Å². The Balaban J connectivity index is 3.43. The van der Waals surface area contributed by atoms with Gasteiger partial charge in [0, 0.05) is 5.57 Å². The van der Waals surface area contributed by atoms with Crippen molar-refractivity contribution in [1.82, 2.24) is 0 Å². The van der Waals surface area contributed by atoms with E-state index in [0.29, 0.717) is 5.57 Å². The zero-order valence-corrected chi connectivity index (χ0v) is 41.9. The summed E-state index contributed by atoms with van der Waals surface area (Å²) in [5.41, 5.74) is 0.461. The Hall–Kier alpha value is -0.790. The fourth-order valence-electron chi connectivity index (χ4n) is 9.73. The molecule has 0 aliphatic rings. The summed E-state index contributed by atoms with van der Waals surface area (Å²) in [4.78, 5) is 11.7. The number of hydrogen-bond acceptors (Lipinski definition) is 1. The van der Waals surface area contributed by atoms with Crippen molar-refractivity contribution < 1.29 is 9.90 Å². The van der Waals surface area contributed by atoms with Gasteiger partial charge in [-0.25, -0.2) is 4.79 Å². The molecule has 60 heavy (non-hydrogen) atoms. The van der Waals surface area contributed by atoms with Gasteiger partial charge in [0.1, 0.15) is 0 Å². The molecule has 2 nitrogen and oxygen atoms in total. The Morgan fingerprint density at radius 1 is 0.283 bits per heavy atom. The Morgan fingerprint density at radius 2 is 0.417 bits per heavy atom. The van der Waals surface area contributed by atoms with Crippen LogP contribution in [0.1, 0.15) is 348 Å². The van der Waals surface area contributed by atoms with Gasteiger partial charge in [-0.2, -0.15) is 0 Å². The molecule has 0 bridgehead atoms. The molecule has 0 aliphatic heterocycles. The van der Waals surface area contributed by atoms with Crippen molar-refractivity contribution in [2.45, 2.75) is 348 Å². The molecule has 358 valence electrons. The van der Waals surface area contributed by atoms with Gasteiger partial charge in [0.2, 0.25) is 0 Å². The highest BCUT2D eigenvalue weighted by molar-refractivity contribution is 5.86. The lowest BCUT2D eigenvalue weighted by Gasteiger charge is -2.17. The first kappa shape index (κ1) is 59.2. The second kappa shape index (κ2) is 52.6. The van der Waals surface area contributed by atoms with Gasteiger partial charge in [0.25, 0.3) is 0 Å². The summed E-state index contributed by atoms with van der Waals surface area (Å²) in [5.74, 6) is -0.601. The smallest absolute Gasteiger partial charge is 0.331 e. The van der Waals surface area contributed by atoms with E-state index < -0.39 is 5.97 Å². The molecule has 2 heteroatoms. The maximum absolute atomic E-state index is 11.7. The number of rotatable bonds is 54. The second-order valence-electron chi connectivity index (χ2n) is 20.1. The van der Waals surface area contributed by atoms with Crippen LogP contribution in [0, 0.1) is 5.92 Å². The predicted octanol–water partition coefficient (Wildman–Crippen LogP) is 21.6. The Bertz CT molecular complexity index is 818. The summed E-state index contributed by atoms with van der Waals surface area (Å²) in [5, 5.41) is 9.62. The third-order valence-corrected chi connectivity index (χ3v) is 14.1. The van der Waals surface area contributed by atoms with Crippen LogP contribution < -0.4 is 0 Å². The molecule has 1 atom stereocenters. The van der Waals surface area contributed by atoms with Crippen molar-refractivity contribution in [3.63, 3.8) is 0 Å². The van der Waals surface area contributed by atoms with Crippen molar-refractivity contribution in [3.8, 4) is 0 Å². The number of aliphatic carboxylic acids is 1. The first-order chi connectivity index (χ1) is 29.6. The third-order valence-electron chi connectivity index (χ3n) is 14.1. The summed E-state index contributed by atoms with van der Waals surface area (Å²) in [6.45, 7) is 8.58. The normalized spacial score (nSPS) is 12.1. The third kappa shape index (κ3) is 48.2. The highest BCUT2D eigenvalue weighted by Crippen LogP contribution is 2.26. The van der Waals surface area contributed by atoms with Gasteiger partial charge in [-0.05, 0) is 18.8 Å². The van der Waals surface area contributed by atoms with Gasteiger partial charge in [-0.1, -0.05) is 341 Å². The molecule has 0 aliphatic carbocycles. The Kier molecular flexibility index (Phi) is 51.9. The quantitative estimate of drug-likeness (QED) is 0.0489. The lowest BCUT2D eigenvalue weighted by atomic mass is 9.88. The van der Waals surface area contributed by atoms with E-state index in [-0.39, 0.29) is 5.92 Å².